The van der Waals surface area contributed by atoms with Crippen LogP contribution in [0.4, 0.5) is 5.13 Å². The molecule has 1 heterocycles. The first-order valence-corrected chi connectivity index (χ1v) is 6.90. The Labute approximate surface area is 102 Å². The molecule has 90 valence electrons. The lowest BCUT2D eigenvalue weighted by atomic mass is 10.1. The number of hydrogen-bond donors (Lipinski definition) is 1. The maximum absolute atomic E-state index is 4.37. The van der Waals surface area contributed by atoms with E-state index >= 15 is 0 Å². The van der Waals surface area contributed by atoms with Crippen molar-refractivity contribution in [2.24, 2.45) is 5.92 Å². The van der Waals surface area contributed by atoms with Crippen molar-refractivity contribution in [3.63, 3.8) is 0 Å². The quantitative estimate of drug-likeness (QED) is 0.855. The van der Waals surface area contributed by atoms with Crippen molar-refractivity contribution in [3.8, 4) is 0 Å². The summed E-state index contributed by atoms with van der Waals surface area (Å²) in [5.74, 6) is 0.918. The van der Waals surface area contributed by atoms with Crippen molar-refractivity contribution in [3.05, 3.63) is 11.1 Å². The zero-order valence-electron chi connectivity index (χ0n) is 10.2. The van der Waals surface area contributed by atoms with Gasteiger partial charge in [-0.15, -0.1) is 11.3 Å². The Balaban J connectivity index is 1.72. The fourth-order valence-corrected chi connectivity index (χ4v) is 3.00. The zero-order valence-corrected chi connectivity index (χ0v) is 11.0. The van der Waals surface area contributed by atoms with E-state index in [1.807, 2.05) is 20.3 Å². The Morgan fingerprint density at radius 1 is 1.44 bits per heavy atom. The van der Waals surface area contributed by atoms with Gasteiger partial charge >= 0.3 is 0 Å². The predicted octanol–water partition coefficient (Wildman–Crippen LogP) is 2.49. The Hall–Kier alpha value is -0.610. The molecule has 0 unspecified atom stereocenters. The molecule has 0 radical (unpaired) electrons. The molecule has 1 aromatic heterocycles. The highest BCUT2D eigenvalue weighted by Gasteiger charge is 2.14. The summed E-state index contributed by atoms with van der Waals surface area (Å²) in [6, 6.07) is 0. The normalized spacial score (nSPS) is 16.9. The SMILES string of the molecule is CN(C)c1ncc(CNCC2CCCC2)s1. The first kappa shape index (κ1) is 11.9. The summed E-state index contributed by atoms with van der Waals surface area (Å²) < 4.78 is 0. The van der Waals surface area contributed by atoms with Gasteiger partial charge in [0, 0.05) is 31.7 Å². The van der Waals surface area contributed by atoms with Gasteiger partial charge in [-0.05, 0) is 25.3 Å². The number of nitrogens with zero attached hydrogens (tertiary/aromatic N) is 2. The zero-order chi connectivity index (χ0) is 11.4. The molecule has 1 saturated carbocycles. The lowest BCUT2D eigenvalue weighted by Crippen LogP contribution is -2.20. The van der Waals surface area contributed by atoms with Gasteiger partial charge < -0.3 is 10.2 Å². The van der Waals surface area contributed by atoms with Crippen LogP contribution in [0.1, 0.15) is 30.6 Å². The lowest BCUT2D eigenvalue weighted by molar-refractivity contribution is 0.490. The van der Waals surface area contributed by atoms with Gasteiger partial charge in [-0.1, -0.05) is 12.8 Å². The highest BCUT2D eigenvalue weighted by atomic mass is 32.1. The highest BCUT2D eigenvalue weighted by Crippen LogP contribution is 2.24. The summed E-state index contributed by atoms with van der Waals surface area (Å²) in [4.78, 5) is 7.77. The molecule has 0 aliphatic heterocycles. The van der Waals surface area contributed by atoms with Crippen molar-refractivity contribution in [2.75, 3.05) is 25.5 Å². The van der Waals surface area contributed by atoms with E-state index in [0.717, 1.165) is 17.6 Å². The average molecular weight is 239 g/mol. The molecule has 0 amide bonds. The summed E-state index contributed by atoms with van der Waals surface area (Å²) in [7, 11) is 4.07. The number of aromatic nitrogens is 1. The Morgan fingerprint density at radius 3 is 2.81 bits per heavy atom. The number of rotatable bonds is 5. The molecule has 0 atom stereocenters. The van der Waals surface area contributed by atoms with Gasteiger partial charge in [0.2, 0.25) is 0 Å². The summed E-state index contributed by atoms with van der Waals surface area (Å²) >= 11 is 1.78. The van der Waals surface area contributed by atoms with Gasteiger partial charge in [0.25, 0.3) is 0 Å². The Bertz CT molecular complexity index is 316. The molecule has 1 fully saturated rings. The number of hydrogen-bond acceptors (Lipinski definition) is 4. The van der Waals surface area contributed by atoms with E-state index in [9.17, 15) is 0 Å². The Kier molecular flexibility index (Phi) is 4.18. The van der Waals surface area contributed by atoms with Crippen LogP contribution >= 0.6 is 11.3 Å². The first-order chi connectivity index (χ1) is 7.75. The largest absolute Gasteiger partial charge is 0.354 e. The van der Waals surface area contributed by atoms with Crippen molar-refractivity contribution < 1.29 is 0 Å². The lowest BCUT2D eigenvalue weighted by Gasteiger charge is -2.09. The molecular formula is C12H21N3S. The van der Waals surface area contributed by atoms with E-state index in [-0.39, 0.29) is 0 Å². The van der Waals surface area contributed by atoms with Gasteiger partial charge in [-0.3, -0.25) is 0 Å². The Morgan fingerprint density at radius 2 is 2.19 bits per heavy atom. The fraction of sp³-hybridized carbons (Fsp3) is 0.750. The van der Waals surface area contributed by atoms with Gasteiger partial charge in [0.1, 0.15) is 0 Å². The monoisotopic (exact) mass is 239 g/mol. The van der Waals surface area contributed by atoms with Crippen molar-refractivity contribution in [1.82, 2.24) is 10.3 Å². The maximum Gasteiger partial charge on any atom is 0.185 e. The molecule has 0 spiro atoms. The van der Waals surface area contributed by atoms with Gasteiger partial charge in [-0.2, -0.15) is 0 Å². The topological polar surface area (TPSA) is 28.2 Å². The van der Waals surface area contributed by atoms with Gasteiger partial charge in [0.05, 0.1) is 0 Å². The molecule has 0 saturated heterocycles. The predicted molar refractivity (Wildman–Crippen MR) is 70.1 cm³/mol. The van der Waals surface area contributed by atoms with Crippen molar-refractivity contribution in [2.45, 2.75) is 32.2 Å². The van der Waals surface area contributed by atoms with Crippen molar-refractivity contribution >= 4 is 16.5 Å². The van der Waals surface area contributed by atoms with Crippen LogP contribution in [0.15, 0.2) is 6.20 Å². The molecule has 0 aromatic carbocycles. The average Bonchev–Trinajstić information content (AvgIpc) is 2.87. The van der Waals surface area contributed by atoms with Crippen molar-refractivity contribution in [1.29, 1.82) is 0 Å². The third-order valence-electron chi connectivity index (χ3n) is 3.13. The van der Waals surface area contributed by atoms with Crippen LogP contribution in [0, 0.1) is 5.92 Å². The number of anilines is 1. The van der Waals surface area contributed by atoms with Crippen LogP contribution in [0.25, 0.3) is 0 Å². The third kappa shape index (κ3) is 3.19. The number of nitrogens with one attached hydrogen (secondary N) is 1. The van der Waals surface area contributed by atoms with Crippen LogP contribution in [0.5, 0.6) is 0 Å². The van der Waals surface area contributed by atoms with Crippen LogP contribution in [-0.4, -0.2) is 25.6 Å². The summed E-state index contributed by atoms with van der Waals surface area (Å²) in [5, 5.41) is 4.64. The van der Waals surface area contributed by atoms with E-state index in [1.54, 1.807) is 11.3 Å². The smallest absolute Gasteiger partial charge is 0.185 e. The third-order valence-corrected chi connectivity index (χ3v) is 4.30. The van der Waals surface area contributed by atoms with E-state index < -0.39 is 0 Å². The maximum atomic E-state index is 4.37. The second-order valence-electron chi connectivity index (χ2n) is 4.78. The van der Waals surface area contributed by atoms with Crippen LogP contribution in [0.3, 0.4) is 0 Å². The van der Waals surface area contributed by atoms with Gasteiger partial charge in [0.15, 0.2) is 5.13 Å². The number of thiazole rings is 1. The summed E-state index contributed by atoms with van der Waals surface area (Å²) in [5.41, 5.74) is 0. The second-order valence-corrected chi connectivity index (χ2v) is 5.88. The molecule has 1 aliphatic carbocycles. The minimum absolute atomic E-state index is 0.918. The van der Waals surface area contributed by atoms with E-state index in [2.05, 4.69) is 15.2 Å². The molecule has 4 heteroatoms. The fourth-order valence-electron chi connectivity index (χ4n) is 2.20. The van der Waals surface area contributed by atoms with Crippen LogP contribution in [0.2, 0.25) is 0 Å². The second kappa shape index (κ2) is 5.64. The minimum atomic E-state index is 0.918. The molecule has 1 aromatic rings. The van der Waals surface area contributed by atoms with Gasteiger partial charge in [-0.25, -0.2) is 4.98 Å². The standard InChI is InChI=1S/C12H21N3S/c1-15(2)12-14-9-11(16-12)8-13-7-10-5-3-4-6-10/h9-10,13H,3-8H2,1-2H3. The summed E-state index contributed by atoms with van der Waals surface area (Å²) in [6.45, 7) is 2.15. The molecule has 1 N–H and O–H groups in total. The van der Waals surface area contributed by atoms with E-state index in [4.69, 9.17) is 0 Å². The first-order valence-electron chi connectivity index (χ1n) is 6.08. The molecule has 16 heavy (non-hydrogen) atoms. The van der Waals surface area contributed by atoms with E-state index in [0.29, 0.717) is 0 Å². The molecule has 0 bridgehead atoms. The molecular weight excluding hydrogens is 218 g/mol. The summed E-state index contributed by atoms with van der Waals surface area (Å²) in [6.07, 6.45) is 7.67. The van der Waals surface area contributed by atoms with E-state index in [1.165, 1.54) is 37.1 Å². The highest BCUT2D eigenvalue weighted by molar-refractivity contribution is 7.15. The molecule has 3 nitrogen and oxygen atoms in total. The minimum Gasteiger partial charge on any atom is -0.354 e. The van der Waals surface area contributed by atoms with Crippen LogP contribution in [-0.2, 0) is 6.54 Å². The van der Waals surface area contributed by atoms with Crippen LogP contribution < -0.4 is 10.2 Å². The molecule has 2 rings (SSSR count). The molecule has 1 aliphatic rings.